The van der Waals surface area contributed by atoms with E-state index in [2.05, 4.69) is 19.8 Å². The molecule has 0 spiro atoms. The number of nitro groups is 1. The number of nitrogens with two attached hydrogens (primary N) is 1. The number of oxime groups is 1. The number of carbonyl (C=O) groups is 1. The molecule has 90 valence electrons. The third kappa shape index (κ3) is 1.73. The minimum atomic E-state index is -1.06. The van der Waals surface area contributed by atoms with E-state index in [0.29, 0.717) is 0 Å². The second kappa shape index (κ2) is 3.70. The van der Waals surface area contributed by atoms with Crippen LogP contribution in [0.3, 0.4) is 0 Å². The van der Waals surface area contributed by atoms with E-state index in [1.807, 2.05) is 0 Å². The smallest absolute Gasteiger partial charge is 0.382 e. The van der Waals surface area contributed by atoms with Crippen LogP contribution in [0.15, 0.2) is 9.78 Å². The summed E-state index contributed by atoms with van der Waals surface area (Å²) in [7, 11) is 0. The van der Waals surface area contributed by atoms with Crippen molar-refractivity contribution < 1.29 is 24.1 Å². The van der Waals surface area contributed by atoms with E-state index in [-0.39, 0.29) is 17.0 Å². The Labute approximate surface area is 92.1 Å². The number of hydrogen-bond donors (Lipinski definition) is 1. The fourth-order valence-corrected chi connectivity index (χ4v) is 1.27. The van der Waals surface area contributed by atoms with Gasteiger partial charge in [0.15, 0.2) is 0 Å². The van der Waals surface area contributed by atoms with Crippen molar-refractivity contribution >= 4 is 17.4 Å². The summed E-state index contributed by atoms with van der Waals surface area (Å²) in [5.41, 5.74) is 4.34. The van der Waals surface area contributed by atoms with Crippen molar-refractivity contribution in [3.8, 4) is 0 Å². The van der Waals surface area contributed by atoms with Crippen LogP contribution in [-0.4, -0.2) is 27.8 Å². The molecule has 0 saturated carbocycles. The van der Waals surface area contributed by atoms with Gasteiger partial charge in [0.1, 0.15) is 5.71 Å². The van der Waals surface area contributed by atoms with Crippen LogP contribution in [0.4, 0.5) is 5.82 Å². The molecule has 0 aromatic carbocycles. The van der Waals surface area contributed by atoms with Crippen molar-refractivity contribution in [3.63, 3.8) is 0 Å². The van der Waals surface area contributed by atoms with Crippen LogP contribution in [0.2, 0.25) is 0 Å². The Balaban J connectivity index is 2.33. The minimum Gasteiger partial charge on any atom is -0.382 e. The predicted molar refractivity (Wildman–Crippen MR) is 47.3 cm³/mol. The van der Waals surface area contributed by atoms with E-state index in [9.17, 15) is 20.1 Å². The number of hydrogen-bond acceptors (Lipinski definition) is 8. The Morgan fingerprint density at radius 3 is 2.88 bits per heavy atom. The molecule has 1 aliphatic heterocycles. The molecule has 0 saturated heterocycles. The summed E-state index contributed by atoms with van der Waals surface area (Å²) in [6.45, 7) is 0. The molecule has 2 rings (SSSR count). The molecule has 1 amide bonds. The SMILES string of the molecule is NC(=O)C1CC(c2c([N+](=O)[O-])no[n+]2[O-])=NO1. The highest BCUT2D eigenvalue weighted by molar-refractivity contribution is 6.03. The Hall–Kier alpha value is -2.72. The Morgan fingerprint density at radius 1 is 1.65 bits per heavy atom. The van der Waals surface area contributed by atoms with Crippen LogP contribution in [0, 0.1) is 15.3 Å². The molecule has 17 heavy (non-hydrogen) atoms. The van der Waals surface area contributed by atoms with Crippen LogP contribution >= 0.6 is 0 Å². The van der Waals surface area contributed by atoms with E-state index in [1.54, 1.807) is 0 Å². The fraction of sp³-hybridized carbons (Fsp3) is 0.333. The van der Waals surface area contributed by atoms with Gasteiger partial charge >= 0.3 is 5.82 Å². The van der Waals surface area contributed by atoms with Gasteiger partial charge < -0.3 is 25.9 Å². The van der Waals surface area contributed by atoms with Crippen molar-refractivity contribution in [2.24, 2.45) is 10.9 Å². The maximum Gasteiger partial charge on any atom is 0.442 e. The third-order valence-electron chi connectivity index (χ3n) is 2.03. The quantitative estimate of drug-likeness (QED) is 0.371. The zero-order chi connectivity index (χ0) is 12.6. The molecular formula is C6H5N5O6. The number of carbonyl (C=O) groups excluding carboxylic acids is 1. The molecule has 0 aliphatic carbocycles. The normalized spacial score (nSPS) is 18.6. The van der Waals surface area contributed by atoms with Crippen molar-refractivity contribution in [2.45, 2.75) is 12.5 Å². The van der Waals surface area contributed by atoms with Gasteiger partial charge in [-0.15, -0.1) is 0 Å². The monoisotopic (exact) mass is 243 g/mol. The van der Waals surface area contributed by atoms with Crippen molar-refractivity contribution in [3.05, 3.63) is 21.0 Å². The highest BCUT2D eigenvalue weighted by Gasteiger charge is 2.37. The first-order chi connectivity index (χ1) is 8.00. The zero-order valence-corrected chi connectivity index (χ0v) is 8.10. The molecule has 1 aliphatic rings. The highest BCUT2D eigenvalue weighted by Crippen LogP contribution is 2.20. The molecule has 2 heterocycles. The molecule has 11 heteroatoms. The molecule has 2 N–H and O–H groups in total. The maximum atomic E-state index is 11.1. The zero-order valence-electron chi connectivity index (χ0n) is 8.10. The summed E-state index contributed by atoms with van der Waals surface area (Å²) in [5.74, 6) is -1.59. The van der Waals surface area contributed by atoms with E-state index in [0.717, 1.165) is 0 Å². The Morgan fingerprint density at radius 2 is 2.35 bits per heavy atom. The van der Waals surface area contributed by atoms with Crippen molar-refractivity contribution in [1.82, 2.24) is 5.16 Å². The molecular weight excluding hydrogens is 238 g/mol. The second-order valence-corrected chi connectivity index (χ2v) is 3.10. The minimum absolute atomic E-state index is 0.114. The maximum absolute atomic E-state index is 11.1. The van der Waals surface area contributed by atoms with Crippen LogP contribution in [-0.2, 0) is 9.63 Å². The van der Waals surface area contributed by atoms with Gasteiger partial charge in [-0.3, -0.25) is 9.42 Å². The van der Waals surface area contributed by atoms with Crippen LogP contribution in [0.5, 0.6) is 0 Å². The van der Waals surface area contributed by atoms with E-state index < -0.39 is 28.4 Å². The van der Waals surface area contributed by atoms with Gasteiger partial charge in [0.2, 0.25) is 6.10 Å². The molecule has 1 unspecified atom stereocenters. The second-order valence-electron chi connectivity index (χ2n) is 3.10. The first-order valence-corrected chi connectivity index (χ1v) is 4.27. The molecule has 1 atom stereocenters. The van der Waals surface area contributed by atoms with Gasteiger partial charge in [0.05, 0.1) is 5.16 Å². The lowest BCUT2D eigenvalue weighted by Gasteiger charge is -1.99. The molecule has 0 radical (unpaired) electrons. The first-order valence-electron chi connectivity index (χ1n) is 4.27. The molecule has 11 nitrogen and oxygen atoms in total. The topological polar surface area (TPSA) is 161 Å². The summed E-state index contributed by atoms with van der Waals surface area (Å²) in [5, 5.41) is 28.0. The number of nitrogens with zero attached hydrogens (tertiary/aromatic N) is 4. The number of primary amides is 1. The van der Waals surface area contributed by atoms with Gasteiger partial charge in [-0.2, -0.15) is 0 Å². The van der Waals surface area contributed by atoms with Crippen LogP contribution < -0.4 is 10.6 Å². The number of amides is 1. The molecule has 1 aromatic rings. The molecule has 1 aromatic heterocycles. The summed E-state index contributed by atoms with van der Waals surface area (Å²) in [6.07, 6.45) is -1.21. The van der Waals surface area contributed by atoms with Crippen molar-refractivity contribution in [2.75, 3.05) is 0 Å². The van der Waals surface area contributed by atoms with Gasteiger partial charge in [0, 0.05) is 6.42 Å². The Bertz CT molecular complexity index is 521. The lowest BCUT2D eigenvalue weighted by molar-refractivity contribution is -0.803. The third-order valence-corrected chi connectivity index (χ3v) is 2.03. The van der Waals surface area contributed by atoms with E-state index in [1.165, 1.54) is 0 Å². The van der Waals surface area contributed by atoms with Gasteiger partial charge in [-0.25, -0.2) is 0 Å². The van der Waals surface area contributed by atoms with Crippen LogP contribution in [0.1, 0.15) is 12.1 Å². The average molecular weight is 243 g/mol. The Kier molecular flexibility index (Phi) is 2.34. The predicted octanol–water partition coefficient (Wildman–Crippen LogP) is -1.81. The summed E-state index contributed by atoms with van der Waals surface area (Å²) in [4.78, 5) is 24.9. The summed E-state index contributed by atoms with van der Waals surface area (Å²) >= 11 is 0. The lowest BCUT2D eigenvalue weighted by Crippen LogP contribution is -2.33. The van der Waals surface area contributed by atoms with Crippen molar-refractivity contribution in [1.29, 1.82) is 0 Å². The van der Waals surface area contributed by atoms with Crippen LogP contribution in [0.25, 0.3) is 0 Å². The highest BCUT2D eigenvalue weighted by atomic mass is 16.8. The largest absolute Gasteiger partial charge is 0.442 e. The fourth-order valence-electron chi connectivity index (χ4n) is 1.27. The molecule has 0 bridgehead atoms. The average Bonchev–Trinajstić information content (AvgIpc) is 2.82. The number of aromatic nitrogens is 2. The summed E-state index contributed by atoms with van der Waals surface area (Å²) in [6, 6.07) is 0. The standard InChI is InChI=1S/C6H5N5O6/c7-5(12)3-1-2(8-16-3)4-6(10(13)14)9-17-11(4)15/h3H,1H2,(H2,7,12). The lowest BCUT2D eigenvalue weighted by atomic mass is 10.1. The molecule has 0 fully saturated rings. The van der Waals surface area contributed by atoms with Gasteiger partial charge in [0.25, 0.3) is 11.6 Å². The number of rotatable bonds is 3. The first kappa shape index (κ1) is 10.8. The van der Waals surface area contributed by atoms with E-state index in [4.69, 9.17) is 5.73 Å². The van der Waals surface area contributed by atoms with E-state index >= 15 is 0 Å². The summed E-state index contributed by atoms with van der Waals surface area (Å²) < 4.78 is 4.08. The van der Waals surface area contributed by atoms with Gasteiger partial charge in [-0.05, 0) is 9.83 Å². The van der Waals surface area contributed by atoms with Gasteiger partial charge in [-0.1, -0.05) is 5.16 Å².